The summed E-state index contributed by atoms with van der Waals surface area (Å²) in [7, 11) is 3.54. The highest BCUT2D eigenvalue weighted by molar-refractivity contribution is 5.95. The molecule has 0 heterocycles. The van der Waals surface area contributed by atoms with Gasteiger partial charge < -0.3 is 15.4 Å². The van der Waals surface area contributed by atoms with Gasteiger partial charge in [-0.2, -0.15) is 0 Å². The van der Waals surface area contributed by atoms with E-state index in [0.717, 1.165) is 35.4 Å². The second-order valence-electron chi connectivity index (χ2n) is 5.01. The fourth-order valence-electron chi connectivity index (χ4n) is 2.34. The fourth-order valence-corrected chi connectivity index (χ4v) is 2.34. The van der Waals surface area contributed by atoms with E-state index in [2.05, 4.69) is 10.6 Å². The van der Waals surface area contributed by atoms with E-state index in [1.165, 1.54) is 0 Å². The van der Waals surface area contributed by atoms with Crippen LogP contribution in [-0.4, -0.2) is 26.6 Å². The average molecular weight is 298 g/mol. The lowest BCUT2D eigenvalue weighted by Gasteiger charge is -2.12. The van der Waals surface area contributed by atoms with E-state index in [0.29, 0.717) is 6.54 Å². The second kappa shape index (κ2) is 8.20. The number of benzene rings is 2. The Morgan fingerprint density at radius 1 is 1.05 bits per heavy atom. The van der Waals surface area contributed by atoms with Gasteiger partial charge in [0.2, 0.25) is 0 Å². The molecule has 0 bridgehead atoms. The first-order chi connectivity index (χ1) is 10.8. The van der Waals surface area contributed by atoms with E-state index in [-0.39, 0.29) is 5.91 Å². The molecule has 0 saturated heterocycles. The molecule has 0 saturated carbocycles. The molecule has 0 aliphatic carbocycles. The lowest BCUT2D eigenvalue weighted by Crippen LogP contribution is -2.25. The van der Waals surface area contributed by atoms with Crippen molar-refractivity contribution in [2.24, 2.45) is 0 Å². The van der Waals surface area contributed by atoms with Gasteiger partial charge in [-0.15, -0.1) is 0 Å². The first-order valence-electron chi connectivity index (χ1n) is 7.39. The number of ether oxygens (including phenoxy) is 1. The SMILES string of the molecule is CNCCc1ccccc1C(=O)NCc1ccccc1OC. The summed E-state index contributed by atoms with van der Waals surface area (Å²) in [4.78, 5) is 12.4. The molecule has 0 aliphatic rings. The van der Waals surface area contributed by atoms with Crippen LogP contribution in [0.4, 0.5) is 0 Å². The molecule has 0 atom stereocenters. The smallest absolute Gasteiger partial charge is 0.251 e. The van der Waals surface area contributed by atoms with Crippen LogP contribution in [0.5, 0.6) is 5.75 Å². The Morgan fingerprint density at radius 3 is 2.45 bits per heavy atom. The Morgan fingerprint density at radius 2 is 1.73 bits per heavy atom. The number of hydrogen-bond acceptors (Lipinski definition) is 3. The minimum absolute atomic E-state index is 0.0578. The number of likely N-dealkylation sites (N-methyl/N-ethyl adjacent to an activating group) is 1. The van der Waals surface area contributed by atoms with Crippen molar-refractivity contribution in [1.82, 2.24) is 10.6 Å². The summed E-state index contributed by atoms with van der Waals surface area (Å²) >= 11 is 0. The van der Waals surface area contributed by atoms with Crippen molar-refractivity contribution in [3.05, 3.63) is 65.2 Å². The number of amides is 1. The highest BCUT2D eigenvalue weighted by Gasteiger charge is 2.11. The van der Waals surface area contributed by atoms with Crippen LogP contribution in [0, 0.1) is 0 Å². The first-order valence-corrected chi connectivity index (χ1v) is 7.39. The van der Waals surface area contributed by atoms with Crippen LogP contribution in [0.25, 0.3) is 0 Å². The molecule has 4 nitrogen and oxygen atoms in total. The molecule has 2 rings (SSSR count). The predicted molar refractivity (Wildman–Crippen MR) is 88.2 cm³/mol. The maximum Gasteiger partial charge on any atom is 0.251 e. The molecule has 2 aromatic rings. The second-order valence-corrected chi connectivity index (χ2v) is 5.01. The molecular weight excluding hydrogens is 276 g/mol. The van der Waals surface area contributed by atoms with Gasteiger partial charge in [0.1, 0.15) is 5.75 Å². The molecule has 22 heavy (non-hydrogen) atoms. The van der Waals surface area contributed by atoms with Crippen molar-refractivity contribution >= 4 is 5.91 Å². The number of hydrogen-bond donors (Lipinski definition) is 2. The van der Waals surface area contributed by atoms with Crippen molar-refractivity contribution in [3.63, 3.8) is 0 Å². The van der Waals surface area contributed by atoms with Crippen molar-refractivity contribution in [3.8, 4) is 5.75 Å². The van der Waals surface area contributed by atoms with E-state index < -0.39 is 0 Å². The number of rotatable bonds is 7. The van der Waals surface area contributed by atoms with Gasteiger partial charge in [0, 0.05) is 17.7 Å². The van der Waals surface area contributed by atoms with Crippen LogP contribution in [0.1, 0.15) is 21.5 Å². The number of methoxy groups -OCH3 is 1. The fraction of sp³-hybridized carbons (Fsp3) is 0.278. The Bertz CT molecular complexity index is 626. The van der Waals surface area contributed by atoms with E-state index in [1.54, 1.807) is 7.11 Å². The summed E-state index contributed by atoms with van der Waals surface area (Å²) in [6.45, 7) is 1.29. The van der Waals surface area contributed by atoms with Crippen LogP contribution in [-0.2, 0) is 13.0 Å². The van der Waals surface area contributed by atoms with Crippen LogP contribution in [0.15, 0.2) is 48.5 Å². The molecule has 0 aromatic heterocycles. The number of para-hydroxylation sites is 1. The minimum Gasteiger partial charge on any atom is -0.496 e. The lowest BCUT2D eigenvalue weighted by atomic mass is 10.0. The molecule has 0 unspecified atom stereocenters. The zero-order chi connectivity index (χ0) is 15.8. The molecule has 2 N–H and O–H groups in total. The normalized spacial score (nSPS) is 10.3. The van der Waals surface area contributed by atoms with E-state index in [4.69, 9.17) is 4.74 Å². The third kappa shape index (κ3) is 4.09. The number of carbonyl (C=O) groups is 1. The summed E-state index contributed by atoms with van der Waals surface area (Å²) in [6, 6.07) is 15.4. The Hall–Kier alpha value is -2.33. The maximum absolute atomic E-state index is 12.4. The van der Waals surface area contributed by atoms with Crippen LogP contribution >= 0.6 is 0 Å². The van der Waals surface area contributed by atoms with E-state index >= 15 is 0 Å². The third-order valence-electron chi connectivity index (χ3n) is 3.54. The summed E-state index contributed by atoms with van der Waals surface area (Å²) in [5, 5.41) is 6.07. The largest absolute Gasteiger partial charge is 0.496 e. The third-order valence-corrected chi connectivity index (χ3v) is 3.54. The summed E-state index contributed by atoms with van der Waals surface area (Å²) in [5.41, 5.74) is 2.74. The van der Waals surface area contributed by atoms with Gasteiger partial charge in [-0.25, -0.2) is 0 Å². The Labute approximate surface area is 131 Å². The highest BCUT2D eigenvalue weighted by atomic mass is 16.5. The first kappa shape index (κ1) is 16.0. The quantitative estimate of drug-likeness (QED) is 0.825. The van der Waals surface area contributed by atoms with Gasteiger partial charge in [0.05, 0.1) is 7.11 Å². The van der Waals surface area contributed by atoms with Crippen molar-refractivity contribution in [1.29, 1.82) is 0 Å². The molecule has 0 fully saturated rings. The lowest BCUT2D eigenvalue weighted by molar-refractivity contribution is 0.0949. The van der Waals surface area contributed by atoms with Crippen LogP contribution < -0.4 is 15.4 Å². The van der Waals surface area contributed by atoms with Crippen molar-refractivity contribution in [2.75, 3.05) is 20.7 Å². The topological polar surface area (TPSA) is 50.4 Å². The minimum atomic E-state index is -0.0578. The highest BCUT2D eigenvalue weighted by Crippen LogP contribution is 2.17. The molecular formula is C18H22N2O2. The number of nitrogens with one attached hydrogen (secondary N) is 2. The van der Waals surface area contributed by atoms with Crippen molar-refractivity contribution in [2.45, 2.75) is 13.0 Å². The Kier molecular flexibility index (Phi) is 5.98. The van der Waals surface area contributed by atoms with Crippen LogP contribution in [0.2, 0.25) is 0 Å². The molecule has 0 aliphatic heterocycles. The monoisotopic (exact) mass is 298 g/mol. The van der Waals surface area contributed by atoms with Gasteiger partial charge >= 0.3 is 0 Å². The van der Waals surface area contributed by atoms with Gasteiger partial charge in [-0.05, 0) is 37.7 Å². The predicted octanol–water partition coefficient (Wildman–Crippen LogP) is 2.39. The molecule has 0 radical (unpaired) electrons. The zero-order valence-electron chi connectivity index (χ0n) is 13.1. The van der Waals surface area contributed by atoms with E-state index in [1.807, 2.05) is 55.6 Å². The van der Waals surface area contributed by atoms with Crippen LogP contribution in [0.3, 0.4) is 0 Å². The van der Waals surface area contributed by atoms with E-state index in [9.17, 15) is 4.79 Å². The Balaban J connectivity index is 2.06. The van der Waals surface area contributed by atoms with Crippen molar-refractivity contribution < 1.29 is 9.53 Å². The van der Waals surface area contributed by atoms with Gasteiger partial charge in [0.15, 0.2) is 0 Å². The summed E-state index contributed by atoms with van der Waals surface area (Å²) in [6.07, 6.45) is 0.828. The zero-order valence-corrected chi connectivity index (χ0v) is 13.1. The molecule has 4 heteroatoms. The van der Waals surface area contributed by atoms with Gasteiger partial charge in [-0.3, -0.25) is 4.79 Å². The average Bonchev–Trinajstić information content (AvgIpc) is 2.58. The molecule has 2 aromatic carbocycles. The van der Waals surface area contributed by atoms with Gasteiger partial charge in [-0.1, -0.05) is 36.4 Å². The summed E-state index contributed by atoms with van der Waals surface area (Å²) in [5.74, 6) is 0.726. The molecule has 1 amide bonds. The summed E-state index contributed by atoms with van der Waals surface area (Å²) < 4.78 is 5.30. The number of carbonyl (C=O) groups excluding carboxylic acids is 1. The molecule has 0 spiro atoms. The van der Waals surface area contributed by atoms with Gasteiger partial charge in [0.25, 0.3) is 5.91 Å². The standard InChI is InChI=1S/C18H22N2O2/c1-19-12-11-14-7-3-5-9-16(14)18(21)20-13-15-8-4-6-10-17(15)22-2/h3-10,19H,11-13H2,1-2H3,(H,20,21). The maximum atomic E-state index is 12.4. The molecule has 116 valence electrons.